The van der Waals surface area contributed by atoms with Gasteiger partial charge in [-0.25, -0.2) is 8.78 Å². The normalized spacial score (nSPS) is 20.0. The second-order valence-corrected chi connectivity index (χ2v) is 8.20. The lowest BCUT2D eigenvalue weighted by Crippen LogP contribution is -2.13. The molecule has 0 nitrogen and oxygen atoms in total. The average molecular weight is 371 g/mol. The van der Waals surface area contributed by atoms with Crippen LogP contribution in [-0.2, 0) is 12.8 Å². The maximum absolute atomic E-state index is 13.3. The zero-order valence-electron chi connectivity index (χ0n) is 16.5. The lowest BCUT2D eigenvalue weighted by atomic mass is 9.77. The summed E-state index contributed by atoms with van der Waals surface area (Å²) in [5, 5.41) is 0. The summed E-state index contributed by atoms with van der Waals surface area (Å²) in [6.45, 7) is 2.28. The second kappa shape index (κ2) is 10.0. The molecule has 0 N–H and O–H groups in total. The fourth-order valence-corrected chi connectivity index (χ4v) is 4.41. The lowest BCUT2D eigenvalue weighted by Gasteiger charge is -2.29. The van der Waals surface area contributed by atoms with Gasteiger partial charge in [0.25, 0.3) is 0 Å². The van der Waals surface area contributed by atoms with Gasteiger partial charge in [0.2, 0.25) is 0 Å². The van der Waals surface area contributed by atoms with Crippen molar-refractivity contribution < 1.29 is 8.78 Å². The van der Waals surface area contributed by atoms with Crippen molar-refractivity contribution in [2.45, 2.75) is 77.0 Å². The zero-order valence-corrected chi connectivity index (χ0v) is 16.5. The number of halogens is 2. The molecule has 2 aromatic rings. The monoisotopic (exact) mass is 370 g/mol. The van der Waals surface area contributed by atoms with Gasteiger partial charge in [0.05, 0.1) is 0 Å². The number of rotatable bonds is 8. The van der Waals surface area contributed by atoms with Crippen LogP contribution < -0.4 is 0 Å². The van der Waals surface area contributed by atoms with Crippen molar-refractivity contribution in [2.75, 3.05) is 0 Å². The molecule has 146 valence electrons. The van der Waals surface area contributed by atoms with Crippen LogP contribution in [-0.4, -0.2) is 0 Å². The molecule has 0 aromatic heterocycles. The topological polar surface area (TPSA) is 0 Å². The summed E-state index contributed by atoms with van der Waals surface area (Å²) in [6, 6.07) is 13.2. The molecule has 0 amide bonds. The first-order valence-corrected chi connectivity index (χ1v) is 10.7. The third-order valence-corrected chi connectivity index (χ3v) is 6.20. The Morgan fingerprint density at radius 1 is 0.778 bits per heavy atom. The van der Waals surface area contributed by atoms with Gasteiger partial charge in [-0.15, -0.1) is 0 Å². The highest BCUT2D eigenvalue weighted by atomic mass is 19.2. The predicted octanol–water partition coefficient (Wildman–Crippen LogP) is 7.60. The van der Waals surface area contributed by atoms with E-state index in [0.717, 1.165) is 24.3 Å². The van der Waals surface area contributed by atoms with Crippen LogP contribution in [0.4, 0.5) is 8.78 Å². The molecule has 1 saturated carbocycles. The fraction of sp³-hybridized carbons (Fsp3) is 0.520. The molecule has 0 unspecified atom stereocenters. The van der Waals surface area contributed by atoms with E-state index in [0.29, 0.717) is 5.92 Å². The first-order valence-electron chi connectivity index (χ1n) is 10.7. The number of hydrogen-bond acceptors (Lipinski definition) is 0. The van der Waals surface area contributed by atoms with Crippen LogP contribution in [0.1, 0.15) is 80.9 Å². The Labute approximate surface area is 163 Å². The fourth-order valence-electron chi connectivity index (χ4n) is 4.41. The highest BCUT2D eigenvalue weighted by Crippen LogP contribution is 2.37. The standard InChI is InChI=1S/C25H32F2/c1-2-3-4-5-19-8-13-22(14-9-19)23-15-10-20(11-16-23)6-7-21-12-17-24(26)25(27)18-21/h10-12,15-19,22H,2-9,13-14H2,1H3. The van der Waals surface area contributed by atoms with Gasteiger partial charge in [0.15, 0.2) is 11.6 Å². The number of benzene rings is 2. The minimum Gasteiger partial charge on any atom is -0.204 e. The molecule has 1 aliphatic rings. The molecule has 0 heterocycles. The quantitative estimate of drug-likeness (QED) is 0.420. The summed E-state index contributed by atoms with van der Waals surface area (Å²) in [6.07, 6.45) is 12.5. The summed E-state index contributed by atoms with van der Waals surface area (Å²) in [4.78, 5) is 0. The third-order valence-electron chi connectivity index (χ3n) is 6.20. The van der Waals surface area contributed by atoms with Gasteiger partial charge in [-0.3, -0.25) is 0 Å². The zero-order chi connectivity index (χ0) is 19.1. The Bertz CT molecular complexity index is 697. The highest BCUT2D eigenvalue weighted by Gasteiger charge is 2.21. The predicted molar refractivity (Wildman–Crippen MR) is 109 cm³/mol. The second-order valence-electron chi connectivity index (χ2n) is 8.20. The first kappa shape index (κ1) is 20.0. The number of unbranched alkanes of at least 4 members (excludes halogenated alkanes) is 2. The Morgan fingerprint density at radius 2 is 1.44 bits per heavy atom. The first-order chi connectivity index (χ1) is 13.2. The van der Waals surface area contributed by atoms with Gasteiger partial charge < -0.3 is 0 Å². The molecule has 0 bridgehead atoms. The van der Waals surface area contributed by atoms with E-state index >= 15 is 0 Å². The molecule has 1 aliphatic carbocycles. The van der Waals surface area contributed by atoms with Gasteiger partial charge in [-0.05, 0) is 79.2 Å². The summed E-state index contributed by atoms with van der Waals surface area (Å²) < 4.78 is 26.3. The van der Waals surface area contributed by atoms with E-state index in [1.807, 2.05) is 0 Å². The molecule has 0 saturated heterocycles. The van der Waals surface area contributed by atoms with Gasteiger partial charge in [0, 0.05) is 0 Å². The summed E-state index contributed by atoms with van der Waals surface area (Å²) in [5.74, 6) is 0.132. The molecule has 0 atom stereocenters. The molecule has 3 rings (SSSR count). The van der Waals surface area contributed by atoms with Crippen LogP contribution in [0.3, 0.4) is 0 Å². The minimum atomic E-state index is -0.775. The van der Waals surface area contributed by atoms with Crippen molar-refractivity contribution in [2.24, 2.45) is 5.92 Å². The SMILES string of the molecule is CCCCCC1CCC(c2ccc(CCc3ccc(F)c(F)c3)cc2)CC1. The molecule has 0 spiro atoms. The minimum absolute atomic E-state index is 0.715. The Balaban J connectivity index is 1.47. The van der Waals surface area contributed by atoms with Crippen LogP contribution in [0.2, 0.25) is 0 Å². The third kappa shape index (κ3) is 5.89. The van der Waals surface area contributed by atoms with Gasteiger partial charge in [-0.1, -0.05) is 62.9 Å². The molecule has 1 fully saturated rings. The van der Waals surface area contributed by atoms with Gasteiger partial charge in [0.1, 0.15) is 0 Å². The summed E-state index contributed by atoms with van der Waals surface area (Å²) >= 11 is 0. The van der Waals surface area contributed by atoms with E-state index < -0.39 is 11.6 Å². The van der Waals surface area contributed by atoms with Crippen LogP contribution in [0, 0.1) is 17.6 Å². The molecular formula is C25H32F2. The Hall–Kier alpha value is -1.70. The van der Waals surface area contributed by atoms with E-state index in [2.05, 4.69) is 31.2 Å². The van der Waals surface area contributed by atoms with E-state index in [1.54, 1.807) is 6.07 Å². The highest BCUT2D eigenvalue weighted by molar-refractivity contribution is 5.27. The Kier molecular flexibility index (Phi) is 7.43. The maximum atomic E-state index is 13.3. The van der Waals surface area contributed by atoms with E-state index in [-0.39, 0.29) is 0 Å². The molecule has 27 heavy (non-hydrogen) atoms. The number of aryl methyl sites for hydroxylation is 2. The van der Waals surface area contributed by atoms with Crippen LogP contribution in [0.5, 0.6) is 0 Å². The van der Waals surface area contributed by atoms with Crippen LogP contribution in [0.25, 0.3) is 0 Å². The molecule has 0 radical (unpaired) electrons. The van der Waals surface area contributed by atoms with Crippen molar-refractivity contribution in [3.05, 3.63) is 70.8 Å². The van der Waals surface area contributed by atoms with Crippen molar-refractivity contribution in [3.63, 3.8) is 0 Å². The van der Waals surface area contributed by atoms with Crippen molar-refractivity contribution in [1.82, 2.24) is 0 Å². The van der Waals surface area contributed by atoms with Crippen molar-refractivity contribution >= 4 is 0 Å². The lowest BCUT2D eigenvalue weighted by molar-refractivity contribution is 0.303. The average Bonchev–Trinajstić information content (AvgIpc) is 2.70. The molecular weight excluding hydrogens is 338 g/mol. The molecule has 0 aliphatic heterocycles. The maximum Gasteiger partial charge on any atom is 0.159 e. The number of hydrogen-bond donors (Lipinski definition) is 0. The molecule has 2 heteroatoms. The smallest absolute Gasteiger partial charge is 0.159 e. The summed E-state index contributed by atoms with van der Waals surface area (Å²) in [7, 11) is 0. The largest absolute Gasteiger partial charge is 0.204 e. The van der Waals surface area contributed by atoms with Crippen molar-refractivity contribution in [3.8, 4) is 0 Å². The van der Waals surface area contributed by atoms with E-state index in [4.69, 9.17) is 0 Å². The van der Waals surface area contributed by atoms with Crippen molar-refractivity contribution in [1.29, 1.82) is 0 Å². The van der Waals surface area contributed by atoms with Gasteiger partial charge in [-0.2, -0.15) is 0 Å². The van der Waals surface area contributed by atoms with Gasteiger partial charge >= 0.3 is 0 Å². The van der Waals surface area contributed by atoms with Crippen LogP contribution >= 0.6 is 0 Å². The molecule has 2 aromatic carbocycles. The van der Waals surface area contributed by atoms with Crippen LogP contribution in [0.15, 0.2) is 42.5 Å². The Morgan fingerprint density at radius 3 is 2.11 bits per heavy atom. The van der Waals surface area contributed by atoms with E-state index in [9.17, 15) is 8.78 Å². The van der Waals surface area contributed by atoms with E-state index in [1.165, 1.54) is 74.6 Å². The summed E-state index contributed by atoms with van der Waals surface area (Å²) in [5.41, 5.74) is 3.58.